The molecule has 1 unspecified atom stereocenters. The van der Waals surface area contributed by atoms with Crippen molar-refractivity contribution < 1.29 is 9.84 Å². The lowest BCUT2D eigenvalue weighted by atomic mass is 10.0. The standard InChI is InChI=1S/C19H24N4O2/c1-12(2)25-15-3-4-17(20)16(10-15)19(21)13-5-7-22-18(9-13)23-8-6-14(24)11-23/h3-5,7,9-10,12,14,21,24H,6,8,11,20H2,1-2H3. The van der Waals surface area contributed by atoms with Crippen molar-refractivity contribution in [2.24, 2.45) is 0 Å². The van der Waals surface area contributed by atoms with Crippen LogP contribution in [0.1, 0.15) is 31.4 Å². The van der Waals surface area contributed by atoms with Crippen molar-refractivity contribution in [2.75, 3.05) is 23.7 Å². The number of nitrogens with two attached hydrogens (primary N) is 1. The van der Waals surface area contributed by atoms with Crippen molar-refractivity contribution in [1.82, 2.24) is 4.98 Å². The maximum atomic E-state index is 9.71. The molecule has 0 aliphatic carbocycles. The Morgan fingerprint density at radius 2 is 2.16 bits per heavy atom. The minimum Gasteiger partial charge on any atom is -0.491 e. The van der Waals surface area contributed by atoms with Crippen molar-refractivity contribution in [2.45, 2.75) is 32.5 Å². The summed E-state index contributed by atoms with van der Waals surface area (Å²) in [5, 5.41) is 18.3. The molecular weight excluding hydrogens is 316 g/mol. The quantitative estimate of drug-likeness (QED) is 0.574. The van der Waals surface area contributed by atoms with Gasteiger partial charge in [-0.3, -0.25) is 5.41 Å². The van der Waals surface area contributed by atoms with Gasteiger partial charge in [-0.05, 0) is 50.6 Å². The number of aromatic nitrogens is 1. The maximum absolute atomic E-state index is 9.71. The fourth-order valence-electron chi connectivity index (χ4n) is 2.95. The predicted molar refractivity (Wildman–Crippen MR) is 99.6 cm³/mol. The van der Waals surface area contributed by atoms with Crippen LogP contribution in [0, 0.1) is 5.41 Å². The molecule has 0 spiro atoms. The third-order valence-electron chi connectivity index (χ3n) is 4.19. The van der Waals surface area contributed by atoms with E-state index in [0.29, 0.717) is 29.3 Å². The van der Waals surface area contributed by atoms with E-state index in [4.69, 9.17) is 15.9 Å². The molecule has 0 radical (unpaired) electrons. The molecule has 1 aliphatic rings. The number of benzene rings is 1. The Morgan fingerprint density at radius 3 is 2.84 bits per heavy atom. The molecule has 1 aromatic carbocycles. The second-order valence-corrected chi connectivity index (χ2v) is 6.58. The molecule has 2 heterocycles. The van der Waals surface area contributed by atoms with Gasteiger partial charge in [-0.25, -0.2) is 4.98 Å². The molecule has 1 saturated heterocycles. The highest BCUT2D eigenvalue weighted by Crippen LogP contribution is 2.25. The minimum atomic E-state index is -0.314. The van der Waals surface area contributed by atoms with E-state index >= 15 is 0 Å². The summed E-state index contributed by atoms with van der Waals surface area (Å²) in [7, 11) is 0. The van der Waals surface area contributed by atoms with Crippen LogP contribution in [0.5, 0.6) is 5.75 Å². The van der Waals surface area contributed by atoms with E-state index in [2.05, 4.69) is 4.98 Å². The summed E-state index contributed by atoms with van der Waals surface area (Å²) >= 11 is 0. The van der Waals surface area contributed by atoms with E-state index < -0.39 is 0 Å². The molecule has 2 aromatic rings. The molecule has 6 nitrogen and oxygen atoms in total. The van der Waals surface area contributed by atoms with E-state index in [0.717, 1.165) is 24.3 Å². The highest BCUT2D eigenvalue weighted by atomic mass is 16.5. The van der Waals surface area contributed by atoms with Gasteiger partial charge in [-0.2, -0.15) is 0 Å². The Labute approximate surface area is 147 Å². The second kappa shape index (κ2) is 7.11. The summed E-state index contributed by atoms with van der Waals surface area (Å²) in [6, 6.07) is 9.05. The second-order valence-electron chi connectivity index (χ2n) is 6.58. The Bertz CT molecular complexity index is 776. The Kier molecular flexibility index (Phi) is 4.90. The van der Waals surface area contributed by atoms with Crippen LogP contribution in [-0.4, -0.2) is 41.1 Å². The number of nitrogens with one attached hydrogen (secondary N) is 1. The molecule has 0 amide bonds. The molecule has 1 aromatic heterocycles. The van der Waals surface area contributed by atoms with Crippen LogP contribution in [0.25, 0.3) is 0 Å². The molecule has 6 heteroatoms. The van der Waals surface area contributed by atoms with E-state index in [9.17, 15) is 5.11 Å². The van der Waals surface area contributed by atoms with Crippen LogP contribution in [-0.2, 0) is 0 Å². The number of hydrogen-bond donors (Lipinski definition) is 3. The Hall–Kier alpha value is -2.60. The zero-order valence-electron chi connectivity index (χ0n) is 14.6. The number of rotatable bonds is 5. The number of hydrogen-bond acceptors (Lipinski definition) is 6. The zero-order valence-corrected chi connectivity index (χ0v) is 14.6. The number of ether oxygens (including phenoxy) is 1. The number of nitrogens with zero attached hydrogens (tertiary/aromatic N) is 2. The molecule has 132 valence electrons. The van der Waals surface area contributed by atoms with Gasteiger partial charge in [0.15, 0.2) is 0 Å². The molecule has 1 atom stereocenters. The first-order chi connectivity index (χ1) is 11.9. The predicted octanol–water partition coefficient (Wildman–Crippen LogP) is 2.44. The topological polar surface area (TPSA) is 95.5 Å². The van der Waals surface area contributed by atoms with E-state index in [1.165, 1.54) is 0 Å². The average Bonchev–Trinajstić information content (AvgIpc) is 3.02. The first-order valence-corrected chi connectivity index (χ1v) is 8.48. The summed E-state index contributed by atoms with van der Waals surface area (Å²) in [6.07, 6.45) is 2.17. The highest BCUT2D eigenvalue weighted by molar-refractivity contribution is 6.14. The Morgan fingerprint density at radius 1 is 1.36 bits per heavy atom. The smallest absolute Gasteiger partial charge is 0.129 e. The third kappa shape index (κ3) is 3.91. The largest absolute Gasteiger partial charge is 0.491 e. The summed E-state index contributed by atoms with van der Waals surface area (Å²) < 4.78 is 5.71. The lowest BCUT2D eigenvalue weighted by molar-refractivity contribution is 0.198. The molecule has 4 N–H and O–H groups in total. The summed E-state index contributed by atoms with van der Waals surface area (Å²) in [5.41, 5.74) is 8.32. The SMILES string of the molecule is CC(C)Oc1ccc(N)c(C(=N)c2ccnc(N3CCC(O)C3)c2)c1. The first kappa shape index (κ1) is 17.2. The van der Waals surface area contributed by atoms with Gasteiger partial charge in [0.25, 0.3) is 0 Å². The Balaban J connectivity index is 1.88. The number of β-amino-alcohol motifs (C(OH)–C–C–N with tert-alkyl or cyclic N) is 1. The summed E-state index contributed by atoms with van der Waals surface area (Å²) in [5.74, 6) is 1.47. The van der Waals surface area contributed by atoms with Crippen molar-refractivity contribution in [3.8, 4) is 5.75 Å². The molecule has 0 bridgehead atoms. The van der Waals surface area contributed by atoms with Gasteiger partial charge in [0, 0.05) is 36.1 Å². The van der Waals surface area contributed by atoms with Gasteiger partial charge in [0.2, 0.25) is 0 Å². The summed E-state index contributed by atoms with van der Waals surface area (Å²) in [4.78, 5) is 6.40. The van der Waals surface area contributed by atoms with E-state index in [-0.39, 0.29) is 12.2 Å². The lowest BCUT2D eigenvalue weighted by Crippen LogP contribution is -2.22. The molecule has 1 aliphatic heterocycles. The fraction of sp³-hybridized carbons (Fsp3) is 0.368. The van der Waals surface area contributed by atoms with Crippen molar-refractivity contribution in [3.63, 3.8) is 0 Å². The van der Waals surface area contributed by atoms with Gasteiger partial charge in [0.05, 0.1) is 17.9 Å². The van der Waals surface area contributed by atoms with Crippen LogP contribution in [0.15, 0.2) is 36.5 Å². The van der Waals surface area contributed by atoms with Gasteiger partial charge in [0.1, 0.15) is 11.6 Å². The molecule has 0 saturated carbocycles. The van der Waals surface area contributed by atoms with Crippen molar-refractivity contribution >= 4 is 17.2 Å². The monoisotopic (exact) mass is 340 g/mol. The minimum absolute atomic E-state index is 0.0554. The van der Waals surface area contributed by atoms with Crippen LogP contribution in [0.2, 0.25) is 0 Å². The highest BCUT2D eigenvalue weighted by Gasteiger charge is 2.22. The van der Waals surface area contributed by atoms with E-state index in [1.54, 1.807) is 24.4 Å². The van der Waals surface area contributed by atoms with Gasteiger partial charge in [-0.1, -0.05) is 0 Å². The van der Waals surface area contributed by atoms with Crippen LogP contribution in [0.3, 0.4) is 0 Å². The van der Waals surface area contributed by atoms with Gasteiger partial charge >= 0.3 is 0 Å². The van der Waals surface area contributed by atoms with Crippen molar-refractivity contribution in [3.05, 3.63) is 47.7 Å². The van der Waals surface area contributed by atoms with Gasteiger partial charge in [-0.15, -0.1) is 0 Å². The third-order valence-corrected chi connectivity index (χ3v) is 4.19. The number of aliphatic hydroxyl groups excluding tert-OH is 1. The van der Waals surface area contributed by atoms with Crippen LogP contribution < -0.4 is 15.4 Å². The maximum Gasteiger partial charge on any atom is 0.129 e. The number of nitrogen functional groups attached to an aromatic ring is 1. The molecule has 25 heavy (non-hydrogen) atoms. The van der Waals surface area contributed by atoms with Crippen LogP contribution in [0.4, 0.5) is 11.5 Å². The molecule has 3 rings (SSSR count). The van der Waals surface area contributed by atoms with Crippen LogP contribution >= 0.6 is 0 Å². The zero-order chi connectivity index (χ0) is 18.0. The fourth-order valence-corrected chi connectivity index (χ4v) is 2.95. The average molecular weight is 340 g/mol. The van der Waals surface area contributed by atoms with Crippen molar-refractivity contribution in [1.29, 1.82) is 5.41 Å². The van der Waals surface area contributed by atoms with Gasteiger partial charge < -0.3 is 20.5 Å². The van der Waals surface area contributed by atoms with E-state index in [1.807, 2.05) is 30.9 Å². The number of anilines is 2. The normalized spacial score (nSPS) is 17.1. The number of aliphatic hydroxyl groups is 1. The number of pyridine rings is 1. The molecular formula is C19H24N4O2. The summed E-state index contributed by atoms with van der Waals surface area (Å²) in [6.45, 7) is 5.26. The first-order valence-electron chi connectivity index (χ1n) is 8.48. The molecule has 1 fully saturated rings. The lowest BCUT2D eigenvalue weighted by Gasteiger charge is -2.18.